The lowest BCUT2D eigenvalue weighted by Crippen LogP contribution is -2.00. The van der Waals surface area contributed by atoms with E-state index < -0.39 is 10.9 Å². The summed E-state index contributed by atoms with van der Waals surface area (Å²) >= 11 is 0. The first kappa shape index (κ1) is 11.2. The van der Waals surface area contributed by atoms with E-state index in [9.17, 15) is 14.9 Å². The zero-order valence-corrected chi connectivity index (χ0v) is 8.00. The predicted molar refractivity (Wildman–Crippen MR) is 50.4 cm³/mol. The normalized spacial score (nSPS) is 10.1. The van der Waals surface area contributed by atoms with Crippen molar-refractivity contribution in [3.05, 3.63) is 22.5 Å². The van der Waals surface area contributed by atoms with Crippen LogP contribution in [0.25, 0.3) is 0 Å². The molecular formula is C8H11N3O4. The van der Waals surface area contributed by atoms with E-state index in [0.717, 1.165) is 0 Å². The molecule has 0 atom stereocenters. The fraction of sp³-hybridized carbons (Fsp3) is 0.500. The molecule has 15 heavy (non-hydrogen) atoms. The van der Waals surface area contributed by atoms with Gasteiger partial charge in [-0.15, -0.1) is 0 Å². The van der Waals surface area contributed by atoms with E-state index in [2.05, 4.69) is 5.10 Å². The number of hydrogen-bond donors (Lipinski definition) is 1. The average molecular weight is 213 g/mol. The number of carboxylic acids is 1. The van der Waals surface area contributed by atoms with Gasteiger partial charge in [-0.3, -0.25) is 19.6 Å². The largest absolute Gasteiger partial charge is 0.481 e. The first-order chi connectivity index (χ1) is 7.09. The van der Waals surface area contributed by atoms with Crippen molar-refractivity contribution in [3.63, 3.8) is 0 Å². The highest BCUT2D eigenvalue weighted by molar-refractivity contribution is 5.66. The third kappa shape index (κ3) is 3.75. The van der Waals surface area contributed by atoms with Crippen LogP contribution in [-0.2, 0) is 11.3 Å². The molecule has 0 unspecified atom stereocenters. The predicted octanol–water partition coefficient (Wildman–Crippen LogP) is 1.05. The van der Waals surface area contributed by atoms with Crippen molar-refractivity contribution in [2.75, 3.05) is 0 Å². The average Bonchev–Trinajstić information content (AvgIpc) is 2.60. The molecule has 7 heteroatoms. The van der Waals surface area contributed by atoms with Gasteiger partial charge in [-0.1, -0.05) is 0 Å². The van der Waals surface area contributed by atoms with Gasteiger partial charge < -0.3 is 5.11 Å². The Labute approximate surface area is 85.5 Å². The Balaban J connectivity index is 2.31. The molecule has 1 rings (SSSR count). The molecule has 0 aliphatic heterocycles. The lowest BCUT2D eigenvalue weighted by Gasteiger charge is -1.98. The van der Waals surface area contributed by atoms with E-state index in [1.807, 2.05) is 0 Å². The monoisotopic (exact) mass is 213 g/mol. The summed E-state index contributed by atoms with van der Waals surface area (Å²) in [6.07, 6.45) is 3.81. The molecule has 7 nitrogen and oxygen atoms in total. The quantitative estimate of drug-likeness (QED) is 0.432. The number of nitrogens with zero attached hydrogens (tertiary/aromatic N) is 3. The molecule has 0 bridgehead atoms. The molecule has 0 fully saturated rings. The maximum Gasteiger partial charge on any atom is 0.306 e. The number of aromatic nitrogens is 2. The van der Waals surface area contributed by atoms with Gasteiger partial charge in [0, 0.05) is 13.0 Å². The van der Waals surface area contributed by atoms with Crippen LogP contribution in [0.5, 0.6) is 0 Å². The van der Waals surface area contributed by atoms with Crippen LogP contribution in [0.1, 0.15) is 19.3 Å². The van der Waals surface area contributed by atoms with Gasteiger partial charge >= 0.3 is 11.7 Å². The van der Waals surface area contributed by atoms with Crippen LogP contribution >= 0.6 is 0 Å². The number of hydrogen-bond acceptors (Lipinski definition) is 4. The summed E-state index contributed by atoms with van der Waals surface area (Å²) in [7, 11) is 0. The lowest BCUT2D eigenvalue weighted by molar-refractivity contribution is -0.385. The van der Waals surface area contributed by atoms with Gasteiger partial charge in [0.1, 0.15) is 12.4 Å². The Kier molecular flexibility index (Phi) is 3.78. The SMILES string of the molecule is O=C(O)CCCCn1cc([N+](=O)[O-])cn1. The standard InChI is InChI=1S/C8H11N3O4/c12-8(13)3-1-2-4-10-6-7(5-9-10)11(14)15/h5-6H,1-4H2,(H,12,13). The van der Waals surface area contributed by atoms with E-state index >= 15 is 0 Å². The topological polar surface area (TPSA) is 98.3 Å². The molecule has 1 aromatic heterocycles. The number of aryl methyl sites for hydroxylation is 1. The second-order valence-corrected chi connectivity index (χ2v) is 3.07. The van der Waals surface area contributed by atoms with E-state index in [4.69, 9.17) is 5.11 Å². The molecule has 1 heterocycles. The zero-order valence-electron chi connectivity index (χ0n) is 8.00. The number of carboxylic acid groups (broad SMARTS) is 1. The third-order valence-electron chi connectivity index (χ3n) is 1.86. The summed E-state index contributed by atoms with van der Waals surface area (Å²) in [6, 6.07) is 0. The van der Waals surface area contributed by atoms with Crippen LogP contribution in [0.4, 0.5) is 5.69 Å². The maximum atomic E-state index is 10.3. The molecule has 0 spiro atoms. The number of unbranched alkanes of at least 4 members (excludes halogenated alkanes) is 1. The van der Waals surface area contributed by atoms with Crippen molar-refractivity contribution in [1.29, 1.82) is 0 Å². The van der Waals surface area contributed by atoms with Gasteiger partial charge in [0.05, 0.1) is 4.92 Å². The highest BCUT2D eigenvalue weighted by Gasteiger charge is 2.08. The van der Waals surface area contributed by atoms with E-state index in [1.165, 1.54) is 17.1 Å². The third-order valence-corrected chi connectivity index (χ3v) is 1.86. The minimum absolute atomic E-state index is 0.0479. The Morgan fingerprint density at radius 3 is 2.87 bits per heavy atom. The molecule has 0 amide bonds. The Bertz CT molecular complexity index is 361. The van der Waals surface area contributed by atoms with Gasteiger partial charge in [0.15, 0.2) is 0 Å². The molecule has 0 aromatic carbocycles. The van der Waals surface area contributed by atoms with Crippen molar-refractivity contribution in [3.8, 4) is 0 Å². The van der Waals surface area contributed by atoms with Gasteiger partial charge in [-0.25, -0.2) is 0 Å². The molecule has 1 aromatic rings. The Morgan fingerprint density at radius 2 is 2.33 bits per heavy atom. The van der Waals surface area contributed by atoms with Gasteiger partial charge in [-0.05, 0) is 12.8 Å². The first-order valence-corrected chi connectivity index (χ1v) is 4.48. The highest BCUT2D eigenvalue weighted by Crippen LogP contribution is 2.08. The number of carbonyl (C=O) groups is 1. The van der Waals surface area contributed by atoms with E-state index in [0.29, 0.717) is 19.4 Å². The van der Waals surface area contributed by atoms with Crippen LogP contribution in [-0.4, -0.2) is 25.8 Å². The van der Waals surface area contributed by atoms with Crippen molar-refractivity contribution < 1.29 is 14.8 Å². The molecule has 82 valence electrons. The Hall–Kier alpha value is -1.92. The minimum Gasteiger partial charge on any atom is -0.481 e. The minimum atomic E-state index is -0.832. The summed E-state index contributed by atoms with van der Waals surface area (Å²) < 4.78 is 1.44. The van der Waals surface area contributed by atoms with Crippen molar-refractivity contribution >= 4 is 11.7 Å². The summed E-state index contributed by atoms with van der Waals surface area (Å²) in [4.78, 5) is 20.0. The van der Waals surface area contributed by atoms with Crippen molar-refractivity contribution in [1.82, 2.24) is 9.78 Å². The highest BCUT2D eigenvalue weighted by atomic mass is 16.6. The molecule has 0 saturated heterocycles. The van der Waals surface area contributed by atoms with Crippen LogP contribution in [0.2, 0.25) is 0 Å². The van der Waals surface area contributed by atoms with E-state index in [1.54, 1.807) is 0 Å². The second-order valence-electron chi connectivity index (χ2n) is 3.07. The van der Waals surface area contributed by atoms with Gasteiger partial charge in [0.2, 0.25) is 0 Å². The molecule has 0 aliphatic rings. The lowest BCUT2D eigenvalue weighted by atomic mass is 10.2. The fourth-order valence-electron chi connectivity index (χ4n) is 1.12. The van der Waals surface area contributed by atoms with Crippen LogP contribution < -0.4 is 0 Å². The van der Waals surface area contributed by atoms with Crippen LogP contribution in [0.15, 0.2) is 12.4 Å². The fourth-order valence-corrected chi connectivity index (χ4v) is 1.12. The summed E-state index contributed by atoms with van der Waals surface area (Å²) in [5, 5.41) is 22.5. The summed E-state index contributed by atoms with van der Waals surface area (Å²) in [5.41, 5.74) is -0.0479. The van der Waals surface area contributed by atoms with Gasteiger partial charge in [-0.2, -0.15) is 5.10 Å². The number of rotatable bonds is 6. The van der Waals surface area contributed by atoms with Crippen LogP contribution in [0, 0.1) is 10.1 Å². The van der Waals surface area contributed by atoms with Crippen molar-refractivity contribution in [2.24, 2.45) is 0 Å². The Morgan fingerprint density at radius 1 is 1.60 bits per heavy atom. The first-order valence-electron chi connectivity index (χ1n) is 4.48. The van der Waals surface area contributed by atoms with Gasteiger partial charge in [0.25, 0.3) is 0 Å². The molecule has 0 radical (unpaired) electrons. The zero-order chi connectivity index (χ0) is 11.3. The molecule has 1 N–H and O–H groups in total. The number of nitro groups is 1. The number of aliphatic carboxylic acids is 1. The molecular weight excluding hydrogens is 202 g/mol. The van der Waals surface area contributed by atoms with Crippen molar-refractivity contribution in [2.45, 2.75) is 25.8 Å². The smallest absolute Gasteiger partial charge is 0.306 e. The molecule has 0 saturated carbocycles. The molecule has 0 aliphatic carbocycles. The maximum absolute atomic E-state index is 10.3. The second kappa shape index (κ2) is 5.08. The summed E-state index contributed by atoms with van der Waals surface area (Å²) in [6.45, 7) is 0.501. The van der Waals surface area contributed by atoms with E-state index in [-0.39, 0.29) is 12.1 Å². The van der Waals surface area contributed by atoms with Crippen LogP contribution in [0.3, 0.4) is 0 Å². The summed E-state index contributed by atoms with van der Waals surface area (Å²) in [5.74, 6) is -0.832.